The lowest BCUT2D eigenvalue weighted by molar-refractivity contribution is -0.136. The van der Waals surface area contributed by atoms with E-state index in [4.69, 9.17) is 14.5 Å². The highest BCUT2D eigenvalue weighted by Crippen LogP contribution is 2.47. The van der Waals surface area contributed by atoms with E-state index in [0.29, 0.717) is 29.5 Å². The van der Waals surface area contributed by atoms with E-state index in [2.05, 4.69) is 5.32 Å². The minimum Gasteiger partial charge on any atom is -0.496 e. The van der Waals surface area contributed by atoms with Crippen molar-refractivity contribution in [3.05, 3.63) is 52.2 Å². The molecule has 1 aromatic rings. The number of allylic oxidation sites excluding steroid dienone is 1. The number of amides is 1. The molecule has 0 radical (unpaired) electrons. The number of amidine groups is 1. The van der Waals surface area contributed by atoms with Crippen molar-refractivity contribution < 1.29 is 19.1 Å². The molecule has 1 aromatic carbocycles. The Morgan fingerprint density at radius 1 is 1.27 bits per heavy atom. The molecule has 2 heterocycles. The monoisotopic (exact) mass is 427 g/mol. The van der Waals surface area contributed by atoms with Crippen LogP contribution in [-0.2, 0) is 14.3 Å². The molecule has 158 valence electrons. The lowest BCUT2D eigenvalue weighted by Crippen LogP contribution is -2.38. The van der Waals surface area contributed by atoms with E-state index in [1.165, 1.54) is 18.9 Å². The van der Waals surface area contributed by atoms with Crippen LogP contribution in [0, 0.1) is 0 Å². The van der Waals surface area contributed by atoms with Crippen molar-refractivity contribution in [2.45, 2.75) is 44.7 Å². The van der Waals surface area contributed by atoms with Gasteiger partial charge in [0.2, 0.25) is 5.91 Å². The van der Waals surface area contributed by atoms with Gasteiger partial charge < -0.3 is 19.7 Å². The number of methoxy groups -OCH3 is 2. The fourth-order valence-electron chi connectivity index (χ4n) is 3.77. The molecule has 1 atom stereocenters. The number of ether oxygens (including phenoxy) is 2. The summed E-state index contributed by atoms with van der Waals surface area (Å²) in [6.07, 6.45) is 2.89. The molecule has 4 rings (SSSR count). The number of esters is 1. The number of hydrogen-bond acceptors (Lipinski definition) is 7. The first-order valence-corrected chi connectivity index (χ1v) is 10.9. The third-order valence-corrected chi connectivity index (χ3v) is 6.24. The summed E-state index contributed by atoms with van der Waals surface area (Å²) < 4.78 is 10.7. The van der Waals surface area contributed by atoms with E-state index in [1.807, 2.05) is 41.5 Å². The molecule has 0 aromatic heterocycles. The summed E-state index contributed by atoms with van der Waals surface area (Å²) in [6.45, 7) is 1.97. The van der Waals surface area contributed by atoms with E-state index in [1.54, 1.807) is 7.11 Å². The maximum absolute atomic E-state index is 12.9. The predicted octanol–water partition coefficient (Wildman–Crippen LogP) is 3.50. The number of carbonyl (C=O) groups is 2. The van der Waals surface area contributed by atoms with Crippen LogP contribution in [0.15, 0.2) is 51.6 Å². The van der Waals surface area contributed by atoms with Crippen LogP contribution in [0.1, 0.15) is 44.2 Å². The molecule has 0 saturated heterocycles. The largest absolute Gasteiger partial charge is 0.496 e. The number of aliphatic imine (C=N–C) groups is 1. The highest BCUT2D eigenvalue weighted by atomic mass is 32.2. The lowest BCUT2D eigenvalue weighted by atomic mass is 9.92. The summed E-state index contributed by atoms with van der Waals surface area (Å²) in [6, 6.07) is 7.42. The fourth-order valence-corrected chi connectivity index (χ4v) is 4.71. The van der Waals surface area contributed by atoms with Crippen molar-refractivity contribution in [3.63, 3.8) is 0 Å². The summed E-state index contributed by atoms with van der Waals surface area (Å²) in [5, 5.41) is 5.73. The first-order chi connectivity index (χ1) is 14.6. The van der Waals surface area contributed by atoms with Gasteiger partial charge in [0.05, 0.1) is 38.0 Å². The van der Waals surface area contributed by atoms with Crippen molar-refractivity contribution in [1.29, 1.82) is 0 Å². The standard InChI is InChI=1S/C22H25N3O4S/c1-4-16-19(21(27)29-3)20(15-7-5-6-8-17(15)28-2)25-14(12-30-22(25)24-16)11-18(26)23-13-9-10-13/h5-8,12-13,20H,4,9-11H2,1-3H3,(H,23,26). The van der Waals surface area contributed by atoms with Gasteiger partial charge in [0, 0.05) is 17.3 Å². The first kappa shape index (κ1) is 20.5. The second kappa shape index (κ2) is 8.55. The Balaban J connectivity index is 1.78. The van der Waals surface area contributed by atoms with E-state index >= 15 is 0 Å². The van der Waals surface area contributed by atoms with Crippen LogP contribution in [0.25, 0.3) is 0 Å². The molecule has 8 heteroatoms. The van der Waals surface area contributed by atoms with Crippen molar-refractivity contribution in [2.24, 2.45) is 4.99 Å². The Bertz CT molecular complexity index is 965. The van der Waals surface area contributed by atoms with Crippen LogP contribution >= 0.6 is 11.8 Å². The Morgan fingerprint density at radius 3 is 2.70 bits per heavy atom. The smallest absolute Gasteiger partial charge is 0.338 e. The number of para-hydroxylation sites is 1. The van der Waals surface area contributed by atoms with E-state index in [-0.39, 0.29) is 12.3 Å². The van der Waals surface area contributed by atoms with Crippen molar-refractivity contribution in [1.82, 2.24) is 10.2 Å². The van der Waals surface area contributed by atoms with E-state index in [9.17, 15) is 9.59 Å². The SMILES string of the molecule is CCC1=C(C(=O)OC)C(c2ccccc2OC)N2C(CC(=O)NC3CC3)=CSC2=N1. The molecule has 1 unspecified atom stereocenters. The van der Waals surface area contributed by atoms with Crippen LogP contribution in [0.3, 0.4) is 0 Å². The molecule has 30 heavy (non-hydrogen) atoms. The quantitative estimate of drug-likeness (QED) is 0.671. The van der Waals surface area contributed by atoms with Crippen LogP contribution in [-0.4, -0.2) is 42.2 Å². The third-order valence-electron chi connectivity index (χ3n) is 5.35. The number of hydrogen-bond donors (Lipinski definition) is 1. The average Bonchev–Trinajstić information content (AvgIpc) is 3.50. The molecular formula is C22H25N3O4S. The normalized spacial score (nSPS) is 20.4. The molecule has 7 nitrogen and oxygen atoms in total. The number of benzene rings is 1. The summed E-state index contributed by atoms with van der Waals surface area (Å²) in [7, 11) is 2.98. The van der Waals surface area contributed by atoms with Gasteiger partial charge >= 0.3 is 5.97 Å². The highest BCUT2D eigenvalue weighted by molar-refractivity contribution is 8.16. The zero-order valence-corrected chi connectivity index (χ0v) is 18.1. The second-order valence-corrected chi connectivity index (χ2v) is 8.20. The van der Waals surface area contributed by atoms with Crippen molar-refractivity contribution in [3.8, 4) is 5.75 Å². The lowest BCUT2D eigenvalue weighted by Gasteiger charge is -2.37. The number of thioether (sulfide) groups is 1. The number of nitrogens with zero attached hydrogens (tertiary/aromatic N) is 2. The summed E-state index contributed by atoms with van der Waals surface area (Å²) in [5.74, 6) is 0.220. The number of rotatable bonds is 7. The maximum Gasteiger partial charge on any atom is 0.338 e. The van der Waals surface area contributed by atoms with Crippen molar-refractivity contribution in [2.75, 3.05) is 14.2 Å². The molecule has 1 aliphatic carbocycles. The van der Waals surface area contributed by atoms with Gasteiger partial charge in [-0.2, -0.15) is 0 Å². The van der Waals surface area contributed by atoms with Crippen LogP contribution in [0.2, 0.25) is 0 Å². The molecule has 1 amide bonds. The molecule has 1 fully saturated rings. The van der Waals surface area contributed by atoms with Gasteiger partial charge in [0.1, 0.15) is 5.75 Å². The van der Waals surface area contributed by atoms with Gasteiger partial charge in [-0.15, -0.1) is 0 Å². The molecule has 2 aliphatic heterocycles. The van der Waals surface area contributed by atoms with Gasteiger partial charge in [-0.05, 0) is 30.7 Å². The number of nitrogens with one attached hydrogen (secondary N) is 1. The van der Waals surface area contributed by atoms with E-state index < -0.39 is 12.0 Å². The molecular weight excluding hydrogens is 402 g/mol. The van der Waals surface area contributed by atoms with Gasteiger partial charge in [-0.1, -0.05) is 36.9 Å². The Labute approximate surface area is 180 Å². The molecule has 0 spiro atoms. The van der Waals surface area contributed by atoms with E-state index in [0.717, 1.165) is 29.3 Å². The topological polar surface area (TPSA) is 80.2 Å². The van der Waals surface area contributed by atoms with Crippen LogP contribution < -0.4 is 10.1 Å². The summed E-state index contributed by atoms with van der Waals surface area (Å²) >= 11 is 1.47. The minimum atomic E-state index is -0.481. The average molecular weight is 428 g/mol. The van der Waals surface area contributed by atoms with Gasteiger partial charge in [0.25, 0.3) is 0 Å². The maximum atomic E-state index is 12.9. The summed E-state index contributed by atoms with van der Waals surface area (Å²) in [5.41, 5.74) is 2.80. The molecule has 1 N–H and O–H groups in total. The highest BCUT2D eigenvalue weighted by Gasteiger charge is 2.42. The Kier molecular flexibility index (Phi) is 5.85. The van der Waals surface area contributed by atoms with Crippen molar-refractivity contribution >= 4 is 28.8 Å². The van der Waals surface area contributed by atoms with Gasteiger partial charge in [-0.25, -0.2) is 9.79 Å². The second-order valence-electron chi connectivity index (χ2n) is 7.36. The Morgan fingerprint density at radius 2 is 2.03 bits per heavy atom. The zero-order chi connectivity index (χ0) is 21.3. The fraction of sp³-hybridized carbons (Fsp3) is 0.409. The van der Waals surface area contributed by atoms with Gasteiger partial charge in [-0.3, -0.25) is 4.79 Å². The Hall–Kier alpha value is -2.74. The molecule has 1 saturated carbocycles. The van der Waals surface area contributed by atoms with Gasteiger partial charge in [0.15, 0.2) is 5.17 Å². The first-order valence-electron chi connectivity index (χ1n) is 10.0. The van der Waals surface area contributed by atoms with Crippen LogP contribution in [0.4, 0.5) is 0 Å². The number of fused-ring (bicyclic) bond motifs is 1. The summed E-state index contributed by atoms with van der Waals surface area (Å²) in [4.78, 5) is 32.1. The molecule has 3 aliphatic rings. The minimum absolute atomic E-state index is 0.0192. The third kappa shape index (κ3) is 3.84. The zero-order valence-electron chi connectivity index (χ0n) is 17.3. The number of carbonyl (C=O) groups excluding carboxylic acids is 2. The van der Waals surface area contributed by atoms with Crippen LogP contribution in [0.5, 0.6) is 5.75 Å². The predicted molar refractivity (Wildman–Crippen MR) is 116 cm³/mol. The molecule has 0 bridgehead atoms.